The molecule has 2 rings (SSSR count). The number of benzene rings is 1. The molecule has 0 aliphatic rings. The molecule has 0 bridgehead atoms. The third-order valence-corrected chi connectivity index (χ3v) is 2.38. The molecule has 1 N–H and O–H groups in total. The van der Waals surface area contributed by atoms with Gasteiger partial charge in [-0.1, -0.05) is 0 Å². The van der Waals surface area contributed by atoms with Gasteiger partial charge in [-0.15, -0.1) is 0 Å². The van der Waals surface area contributed by atoms with Gasteiger partial charge in [-0.2, -0.15) is 0 Å². The largest absolute Gasteiger partial charge is 0.491 e. The molecule has 0 unspecified atom stereocenters. The standard InChI is InChI=1S/C12H10FNO3/c1-6-3-7(13)5-8(4-6)14-9-10(15)11(16)12(9)17-2/h3-5,14H,1-2H3. The third-order valence-electron chi connectivity index (χ3n) is 2.38. The number of nitrogens with one attached hydrogen (secondary N) is 1. The van der Waals surface area contributed by atoms with E-state index in [4.69, 9.17) is 4.74 Å². The fourth-order valence-electron chi connectivity index (χ4n) is 1.63. The summed E-state index contributed by atoms with van der Waals surface area (Å²) in [6.45, 7) is 1.73. The minimum atomic E-state index is -0.664. The molecular formula is C12H10FNO3. The summed E-state index contributed by atoms with van der Waals surface area (Å²) >= 11 is 0. The van der Waals surface area contributed by atoms with Crippen LogP contribution in [0.4, 0.5) is 15.8 Å². The van der Waals surface area contributed by atoms with E-state index in [0.29, 0.717) is 11.3 Å². The molecule has 0 spiro atoms. The number of rotatable bonds is 3. The lowest BCUT2D eigenvalue weighted by Crippen LogP contribution is -2.34. The van der Waals surface area contributed by atoms with Gasteiger partial charge in [-0.05, 0) is 30.7 Å². The first-order chi connectivity index (χ1) is 8.02. The molecule has 4 nitrogen and oxygen atoms in total. The molecule has 0 aromatic heterocycles. The van der Waals surface area contributed by atoms with E-state index in [-0.39, 0.29) is 11.4 Å². The summed E-state index contributed by atoms with van der Waals surface area (Å²) in [7, 11) is 1.30. The van der Waals surface area contributed by atoms with Crippen molar-refractivity contribution in [3.05, 3.63) is 50.0 Å². The minimum Gasteiger partial charge on any atom is -0.491 e. The highest BCUT2D eigenvalue weighted by Gasteiger charge is 2.21. The lowest BCUT2D eigenvalue weighted by Gasteiger charge is -2.12. The second-order valence-electron chi connectivity index (χ2n) is 3.71. The van der Waals surface area contributed by atoms with E-state index < -0.39 is 16.7 Å². The van der Waals surface area contributed by atoms with Crippen molar-refractivity contribution in [3.63, 3.8) is 0 Å². The molecule has 5 heteroatoms. The fraction of sp³-hybridized carbons (Fsp3) is 0.167. The monoisotopic (exact) mass is 235 g/mol. The Bertz CT molecular complexity index is 621. The van der Waals surface area contributed by atoms with Crippen LogP contribution in [0, 0.1) is 12.7 Å². The van der Waals surface area contributed by atoms with Crippen LogP contribution in [0.1, 0.15) is 5.56 Å². The van der Waals surface area contributed by atoms with Gasteiger partial charge in [0.15, 0.2) is 5.75 Å². The topological polar surface area (TPSA) is 55.4 Å². The Morgan fingerprint density at radius 1 is 1.18 bits per heavy atom. The van der Waals surface area contributed by atoms with Crippen molar-refractivity contribution in [1.29, 1.82) is 0 Å². The summed E-state index contributed by atoms with van der Waals surface area (Å²) in [4.78, 5) is 22.3. The molecule has 0 radical (unpaired) electrons. The van der Waals surface area contributed by atoms with Crippen molar-refractivity contribution in [2.24, 2.45) is 0 Å². The number of hydrogen-bond donors (Lipinski definition) is 1. The molecule has 0 saturated heterocycles. The first-order valence-corrected chi connectivity index (χ1v) is 4.94. The number of aryl methyl sites for hydroxylation is 1. The highest BCUT2D eigenvalue weighted by Crippen LogP contribution is 2.23. The zero-order chi connectivity index (χ0) is 12.6. The quantitative estimate of drug-likeness (QED) is 0.819. The molecule has 88 valence electrons. The molecule has 0 atom stereocenters. The smallest absolute Gasteiger partial charge is 0.272 e. The van der Waals surface area contributed by atoms with Gasteiger partial charge in [-0.3, -0.25) is 9.59 Å². The normalized spacial score (nSPS) is 10.5. The van der Waals surface area contributed by atoms with Crippen molar-refractivity contribution < 1.29 is 9.13 Å². The molecular weight excluding hydrogens is 225 g/mol. The van der Waals surface area contributed by atoms with E-state index in [1.165, 1.54) is 19.2 Å². The lowest BCUT2D eigenvalue weighted by atomic mass is 10.1. The molecule has 0 saturated carbocycles. The number of methoxy groups -OCH3 is 1. The van der Waals surface area contributed by atoms with Crippen LogP contribution in [0.25, 0.3) is 0 Å². The van der Waals surface area contributed by atoms with E-state index in [9.17, 15) is 14.0 Å². The fourth-order valence-corrected chi connectivity index (χ4v) is 1.63. The molecule has 0 heterocycles. The maximum absolute atomic E-state index is 13.1. The van der Waals surface area contributed by atoms with Gasteiger partial charge in [0, 0.05) is 5.69 Å². The van der Waals surface area contributed by atoms with Gasteiger partial charge in [0.2, 0.25) is 0 Å². The second kappa shape index (κ2) is 4.01. The van der Waals surface area contributed by atoms with Crippen LogP contribution in [0.15, 0.2) is 27.8 Å². The first-order valence-electron chi connectivity index (χ1n) is 4.94. The van der Waals surface area contributed by atoms with E-state index >= 15 is 0 Å². The van der Waals surface area contributed by atoms with Crippen LogP contribution < -0.4 is 20.9 Å². The second-order valence-corrected chi connectivity index (χ2v) is 3.71. The Morgan fingerprint density at radius 2 is 1.88 bits per heavy atom. The number of ether oxygens (including phenoxy) is 1. The Morgan fingerprint density at radius 3 is 2.47 bits per heavy atom. The maximum atomic E-state index is 13.1. The first kappa shape index (κ1) is 11.3. The van der Waals surface area contributed by atoms with Crippen molar-refractivity contribution in [3.8, 4) is 5.75 Å². The van der Waals surface area contributed by atoms with E-state index in [2.05, 4.69) is 5.32 Å². The lowest BCUT2D eigenvalue weighted by molar-refractivity contribution is 0.408. The van der Waals surface area contributed by atoms with E-state index in [1.807, 2.05) is 0 Å². The third kappa shape index (κ3) is 1.91. The van der Waals surface area contributed by atoms with E-state index in [0.717, 1.165) is 0 Å². The zero-order valence-corrected chi connectivity index (χ0v) is 9.33. The zero-order valence-electron chi connectivity index (χ0n) is 9.33. The summed E-state index contributed by atoms with van der Waals surface area (Å²) in [5, 5.41) is 2.69. The SMILES string of the molecule is COc1c(Nc2cc(C)cc(F)c2)c(=O)c1=O. The van der Waals surface area contributed by atoms with Crippen LogP contribution in [0.5, 0.6) is 5.75 Å². The van der Waals surface area contributed by atoms with E-state index in [1.54, 1.807) is 13.0 Å². The van der Waals surface area contributed by atoms with Gasteiger partial charge >= 0.3 is 0 Å². The van der Waals surface area contributed by atoms with Gasteiger partial charge in [0.25, 0.3) is 10.9 Å². The van der Waals surface area contributed by atoms with Crippen molar-refractivity contribution in [2.75, 3.05) is 12.4 Å². The summed E-state index contributed by atoms with van der Waals surface area (Å²) < 4.78 is 17.9. The summed E-state index contributed by atoms with van der Waals surface area (Å²) in [5.41, 5.74) is -0.118. The summed E-state index contributed by atoms with van der Waals surface area (Å²) in [5.74, 6) is -0.429. The Balaban J connectivity index is 2.36. The molecule has 2 aromatic carbocycles. The van der Waals surface area contributed by atoms with Crippen LogP contribution in [0.2, 0.25) is 0 Å². The predicted molar refractivity (Wildman–Crippen MR) is 62.3 cm³/mol. The van der Waals surface area contributed by atoms with Crippen molar-refractivity contribution in [1.82, 2.24) is 0 Å². The average Bonchev–Trinajstić information content (AvgIpc) is 2.27. The van der Waals surface area contributed by atoms with Crippen molar-refractivity contribution in [2.45, 2.75) is 6.92 Å². The summed E-state index contributed by atoms with van der Waals surface area (Å²) in [6, 6.07) is 4.27. The van der Waals surface area contributed by atoms with Crippen LogP contribution in [-0.4, -0.2) is 7.11 Å². The molecule has 17 heavy (non-hydrogen) atoms. The highest BCUT2D eigenvalue weighted by atomic mass is 19.1. The molecule has 0 amide bonds. The van der Waals surface area contributed by atoms with Crippen LogP contribution in [0.3, 0.4) is 0 Å². The maximum Gasteiger partial charge on any atom is 0.272 e. The van der Waals surface area contributed by atoms with Gasteiger partial charge in [0.05, 0.1) is 7.11 Å². The minimum absolute atomic E-state index is 0.0167. The van der Waals surface area contributed by atoms with Gasteiger partial charge < -0.3 is 10.1 Å². The van der Waals surface area contributed by atoms with Crippen molar-refractivity contribution >= 4 is 11.4 Å². The van der Waals surface area contributed by atoms with Crippen LogP contribution >= 0.6 is 0 Å². The molecule has 0 fully saturated rings. The van der Waals surface area contributed by atoms with Gasteiger partial charge in [0.1, 0.15) is 11.5 Å². The Kier molecular flexibility index (Phi) is 2.67. The average molecular weight is 235 g/mol. The number of hydrogen-bond acceptors (Lipinski definition) is 4. The number of halogens is 1. The Hall–Kier alpha value is -2.17. The van der Waals surface area contributed by atoms with Crippen LogP contribution in [-0.2, 0) is 0 Å². The number of anilines is 2. The molecule has 2 aromatic rings. The predicted octanol–water partition coefficient (Wildman–Crippen LogP) is 1.48. The molecule has 0 aliphatic carbocycles. The highest BCUT2D eigenvalue weighted by molar-refractivity contribution is 5.70. The summed E-state index contributed by atoms with van der Waals surface area (Å²) in [6.07, 6.45) is 0. The van der Waals surface area contributed by atoms with Gasteiger partial charge in [-0.25, -0.2) is 4.39 Å². The molecule has 0 aliphatic heterocycles. The Labute approximate surface area is 96.3 Å².